The van der Waals surface area contributed by atoms with E-state index in [9.17, 15) is 9.59 Å². The van der Waals surface area contributed by atoms with Gasteiger partial charge >= 0.3 is 5.69 Å². The van der Waals surface area contributed by atoms with Crippen LogP contribution in [0.3, 0.4) is 0 Å². The van der Waals surface area contributed by atoms with Crippen LogP contribution in [-0.4, -0.2) is 65.5 Å². The first-order valence-corrected chi connectivity index (χ1v) is 10.4. The fraction of sp³-hybridized carbons (Fsp3) is 0.722. The summed E-state index contributed by atoms with van der Waals surface area (Å²) in [5, 5.41) is 3.64. The van der Waals surface area contributed by atoms with Gasteiger partial charge in [-0.15, -0.1) is 0 Å². The van der Waals surface area contributed by atoms with Gasteiger partial charge in [0.1, 0.15) is 5.82 Å². The van der Waals surface area contributed by atoms with Crippen LogP contribution in [0.2, 0.25) is 0 Å². The summed E-state index contributed by atoms with van der Waals surface area (Å²) in [6.45, 7) is 9.99. The van der Waals surface area contributed by atoms with Crippen LogP contribution in [0.15, 0.2) is 9.59 Å². The third-order valence-electron chi connectivity index (χ3n) is 4.81. The number of nitrogens with two attached hydrogens (primary N) is 1. The Balaban J connectivity index is 2.03. The highest BCUT2D eigenvalue weighted by Gasteiger charge is 2.20. The third kappa shape index (κ3) is 5.79. The smallest absolute Gasteiger partial charge is 0.330 e. The van der Waals surface area contributed by atoms with Crippen LogP contribution in [0.4, 0.5) is 11.5 Å². The Labute approximate surface area is 170 Å². The molecule has 2 rings (SSSR count). The van der Waals surface area contributed by atoms with E-state index in [1.54, 1.807) is 4.90 Å². The first-order valence-electron chi connectivity index (χ1n) is 9.97. The number of rotatable bonds is 9. The first kappa shape index (κ1) is 22.4. The van der Waals surface area contributed by atoms with Gasteiger partial charge in [-0.05, 0) is 38.5 Å². The summed E-state index contributed by atoms with van der Waals surface area (Å²) in [4.78, 5) is 30.9. The quantitative estimate of drug-likeness (QED) is 0.394. The number of aromatic nitrogens is 2. The third-order valence-corrected chi connectivity index (χ3v) is 5.18. The van der Waals surface area contributed by atoms with Gasteiger partial charge in [-0.25, -0.2) is 4.79 Å². The zero-order valence-corrected chi connectivity index (χ0v) is 17.6. The Morgan fingerprint density at radius 1 is 1.25 bits per heavy atom. The molecule has 1 aliphatic rings. The molecule has 2 heterocycles. The second kappa shape index (κ2) is 11.2. The van der Waals surface area contributed by atoms with Gasteiger partial charge in [-0.2, -0.15) is 0 Å². The van der Waals surface area contributed by atoms with Crippen molar-refractivity contribution >= 4 is 28.8 Å². The number of ether oxygens (including phenoxy) is 1. The van der Waals surface area contributed by atoms with Crippen molar-refractivity contribution < 1.29 is 4.74 Å². The van der Waals surface area contributed by atoms with Crippen molar-refractivity contribution in [1.29, 1.82) is 0 Å². The SMILES string of the molecule is CCCCn1c(N)c(N(CC)C(=S)NCCCN2CCOCC2)c(=O)[nH]c1=O. The standard InChI is InChI=1S/C18H32N6O3S/c1-3-5-9-24-15(19)14(16(25)21-17(24)26)23(4-2)18(28)20-7-6-8-22-10-12-27-13-11-22/h3-13,19H2,1-2H3,(H,20,28)(H,21,25,26). The molecular weight excluding hydrogens is 380 g/mol. The summed E-state index contributed by atoms with van der Waals surface area (Å²) < 4.78 is 6.76. The summed E-state index contributed by atoms with van der Waals surface area (Å²) in [6.07, 6.45) is 2.65. The van der Waals surface area contributed by atoms with Gasteiger partial charge in [0, 0.05) is 32.7 Å². The molecule has 0 radical (unpaired) electrons. The number of anilines is 2. The number of morpholine rings is 1. The van der Waals surface area contributed by atoms with Crippen molar-refractivity contribution in [1.82, 2.24) is 19.8 Å². The minimum absolute atomic E-state index is 0.154. The second-order valence-electron chi connectivity index (χ2n) is 6.78. The Bertz CT molecular complexity index is 757. The van der Waals surface area contributed by atoms with E-state index in [0.717, 1.165) is 52.1 Å². The van der Waals surface area contributed by atoms with Gasteiger partial charge in [0.25, 0.3) is 5.56 Å². The monoisotopic (exact) mass is 412 g/mol. The van der Waals surface area contributed by atoms with Crippen LogP contribution in [-0.2, 0) is 11.3 Å². The van der Waals surface area contributed by atoms with Crippen LogP contribution in [0, 0.1) is 0 Å². The van der Waals surface area contributed by atoms with Crippen LogP contribution in [0.5, 0.6) is 0 Å². The number of hydrogen-bond donors (Lipinski definition) is 3. The van der Waals surface area contributed by atoms with Crippen LogP contribution >= 0.6 is 12.2 Å². The zero-order chi connectivity index (χ0) is 20.5. The van der Waals surface area contributed by atoms with E-state index in [-0.39, 0.29) is 11.5 Å². The summed E-state index contributed by atoms with van der Waals surface area (Å²) >= 11 is 5.49. The van der Waals surface area contributed by atoms with Gasteiger partial charge in [0.2, 0.25) is 0 Å². The lowest BCUT2D eigenvalue weighted by Gasteiger charge is -2.28. The highest BCUT2D eigenvalue weighted by Crippen LogP contribution is 2.17. The highest BCUT2D eigenvalue weighted by molar-refractivity contribution is 7.80. The fourth-order valence-corrected chi connectivity index (χ4v) is 3.52. The van der Waals surface area contributed by atoms with E-state index >= 15 is 0 Å². The van der Waals surface area contributed by atoms with Gasteiger partial charge < -0.3 is 20.7 Å². The maximum atomic E-state index is 12.4. The number of unbranched alkanes of at least 4 members (excludes halogenated alkanes) is 1. The zero-order valence-electron chi connectivity index (χ0n) is 16.8. The van der Waals surface area contributed by atoms with E-state index < -0.39 is 11.2 Å². The number of H-pyrrole nitrogens is 1. The predicted octanol–water partition coefficient (Wildman–Crippen LogP) is 0.342. The highest BCUT2D eigenvalue weighted by atomic mass is 32.1. The van der Waals surface area contributed by atoms with Crippen molar-refractivity contribution in [3.8, 4) is 0 Å². The van der Waals surface area contributed by atoms with E-state index in [1.165, 1.54) is 4.57 Å². The van der Waals surface area contributed by atoms with Gasteiger partial charge in [-0.1, -0.05) is 13.3 Å². The minimum Gasteiger partial charge on any atom is -0.383 e. The van der Waals surface area contributed by atoms with Crippen LogP contribution in [0.25, 0.3) is 0 Å². The average Bonchev–Trinajstić information content (AvgIpc) is 2.69. The number of nitrogens with one attached hydrogen (secondary N) is 2. The van der Waals surface area contributed by atoms with E-state index in [0.29, 0.717) is 24.7 Å². The van der Waals surface area contributed by atoms with Gasteiger partial charge in [0.15, 0.2) is 10.8 Å². The molecule has 0 atom stereocenters. The molecule has 10 heteroatoms. The van der Waals surface area contributed by atoms with Crippen LogP contribution < -0.4 is 27.2 Å². The molecule has 0 saturated carbocycles. The predicted molar refractivity (Wildman–Crippen MR) is 116 cm³/mol. The van der Waals surface area contributed by atoms with Crippen molar-refractivity contribution in [2.75, 3.05) is 56.6 Å². The molecule has 0 spiro atoms. The molecular formula is C18H32N6O3S. The molecule has 9 nitrogen and oxygen atoms in total. The van der Waals surface area contributed by atoms with E-state index in [2.05, 4.69) is 15.2 Å². The Morgan fingerprint density at radius 3 is 2.61 bits per heavy atom. The Kier molecular flexibility index (Phi) is 8.94. The van der Waals surface area contributed by atoms with Gasteiger partial charge in [0.05, 0.1) is 13.2 Å². The van der Waals surface area contributed by atoms with E-state index in [4.69, 9.17) is 22.7 Å². The number of nitrogen functional groups attached to an aromatic ring is 1. The number of aromatic amines is 1. The van der Waals surface area contributed by atoms with Crippen molar-refractivity contribution in [2.45, 2.75) is 39.7 Å². The van der Waals surface area contributed by atoms with Crippen molar-refractivity contribution in [3.05, 3.63) is 20.8 Å². The second-order valence-corrected chi connectivity index (χ2v) is 7.17. The van der Waals surface area contributed by atoms with Crippen LogP contribution in [0.1, 0.15) is 33.1 Å². The molecule has 4 N–H and O–H groups in total. The lowest BCUT2D eigenvalue weighted by atomic mass is 10.3. The molecule has 0 aliphatic carbocycles. The molecule has 0 unspecified atom stereocenters. The molecule has 1 aliphatic heterocycles. The van der Waals surface area contributed by atoms with Crippen molar-refractivity contribution in [3.63, 3.8) is 0 Å². The Hall–Kier alpha value is -1.91. The van der Waals surface area contributed by atoms with Gasteiger partial charge in [-0.3, -0.25) is 19.2 Å². The lowest BCUT2D eigenvalue weighted by Crippen LogP contribution is -2.46. The summed E-state index contributed by atoms with van der Waals surface area (Å²) in [5.41, 5.74) is 5.41. The molecule has 1 saturated heterocycles. The molecule has 0 amide bonds. The summed E-state index contributed by atoms with van der Waals surface area (Å²) in [6, 6.07) is 0. The van der Waals surface area contributed by atoms with Crippen molar-refractivity contribution in [2.24, 2.45) is 0 Å². The maximum Gasteiger partial charge on any atom is 0.330 e. The topological polar surface area (TPSA) is 109 Å². The normalized spacial score (nSPS) is 14.8. The molecule has 158 valence electrons. The average molecular weight is 413 g/mol. The lowest BCUT2D eigenvalue weighted by molar-refractivity contribution is 0.0376. The summed E-state index contributed by atoms with van der Waals surface area (Å²) in [7, 11) is 0. The molecule has 0 bridgehead atoms. The molecule has 1 fully saturated rings. The summed E-state index contributed by atoms with van der Waals surface area (Å²) in [5.74, 6) is 0.154. The first-order chi connectivity index (χ1) is 13.5. The molecule has 28 heavy (non-hydrogen) atoms. The molecule has 1 aromatic rings. The number of nitrogens with zero attached hydrogens (tertiary/aromatic N) is 3. The number of thiocarbonyl (C=S) groups is 1. The molecule has 1 aromatic heterocycles. The largest absolute Gasteiger partial charge is 0.383 e. The molecule has 0 aromatic carbocycles. The maximum absolute atomic E-state index is 12.4. The number of hydrogen-bond acceptors (Lipinski definition) is 6. The van der Waals surface area contributed by atoms with E-state index in [1.807, 2.05) is 13.8 Å². The Morgan fingerprint density at radius 2 is 1.96 bits per heavy atom. The minimum atomic E-state index is -0.519. The fourth-order valence-electron chi connectivity index (χ4n) is 3.20.